The van der Waals surface area contributed by atoms with E-state index < -0.39 is 45.9 Å². The molecule has 11 heteroatoms. The lowest BCUT2D eigenvalue weighted by Gasteiger charge is -2.13. The molecular weight excluding hydrogens is 297 g/mol. The van der Waals surface area contributed by atoms with Crippen molar-refractivity contribution in [1.82, 2.24) is 4.72 Å². The Bertz CT molecular complexity index is 572. The van der Waals surface area contributed by atoms with Gasteiger partial charge in [-0.3, -0.25) is 4.72 Å². The molecule has 0 radical (unpaired) electrons. The van der Waals surface area contributed by atoms with Crippen molar-refractivity contribution >= 4 is 21.6 Å². The van der Waals surface area contributed by atoms with Crippen LogP contribution in [0.15, 0.2) is 12.1 Å². The van der Waals surface area contributed by atoms with Gasteiger partial charge in [-0.1, -0.05) is 0 Å². The molecule has 0 saturated carbocycles. The minimum atomic E-state index is -4.79. The minimum Gasteiger partial charge on any atom is -0.397 e. The predicted octanol–water partition coefficient (Wildman–Crippen LogP) is 1.36. The van der Waals surface area contributed by atoms with Crippen LogP contribution in [0, 0.1) is 11.6 Å². The van der Waals surface area contributed by atoms with Crippen LogP contribution in [-0.4, -0.2) is 21.1 Å². The van der Waals surface area contributed by atoms with E-state index in [4.69, 9.17) is 5.73 Å². The van der Waals surface area contributed by atoms with Crippen LogP contribution in [0.25, 0.3) is 0 Å². The zero-order valence-electron chi connectivity index (χ0n) is 9.05. The standard InChI is InChI=1S/C8H8F5N3O2S/c9-4-1-2-5(14)7(6(4)10)16-19(17,18)15-3-8(11,12)13/h1-2,15-16H,3,14H2. The first-order valence-corrected chi connectivity index (χ1v) is 6.08. The second-order valence-electron chi connectivity index (χ2n) is 3.37. The molecule has 0 bridgehead atoms. The van der Waals surface area contributed by atoms with Gasteiger partial charge < -0.3 is 5.73 Å². The lowest BCUT2D eigenvalue weighted by molar-refractivity contribution is -0.121. The molecule has 1 rings (SSSR count). The van der Waals surface area contributed by atoms with E-state index in [1.165, 1.54) is 4.72 Å². The van der Waals surface area contributed by atoms with Crippen molar-refractivity contribution < 1.29 is 30.4 Å². The Morgan fingerprint density at radius 2 is 1.79 bits per heavy atom. The smallest absolute Gasteiger partial charge is 0.397 e. The third kappa shape index (κ3) is 4.52. The van der Waals surface area contributed by atoms with E-state index in [-0.39, 0.29) is 0 Å². The molecule has 108 valence electrons. The molecule has 4 N–H and O–H groups in total. The van der Waals surface area contributed by atoms with Gasteiger partial charge in [0.1, 0.15) is 12.2 Å². The highest BCUT2D eigenvalue weighted by atomic mass is 32.2. The second-order valence-corrected chi connectivity index (χ2v) is 4.87. The molecule has 0 spiro atoms. The Balaban J connectivity index is 2.93. The number of nitrogens with one attached hydrogen (secondary N) is 2. The largest absolute Gasteiger partial charge is 0.402 e. The van der Waals surface area contributed by atoms with E-state index in [0.29, 0.717) is 6.07 Å². The normalized spacial score (nSPS) is 12.5. The number of nitrogens with two attached hydrogens (primary N) is 1. The van der Waals surface area contributed by atoms with Crippen molar-refractivity contribution in [1.29, 1.82) is 0 Å². The van der Waals surface area contributed by atoms with E-state index in [2.05, 4.69) is 0 Å². The highest BCUT2D eigenvalue weighted by Gasteiger charge is 2.30. The maximum atomic E-state index is 13.2. The Hall–Kier alpha value is -1.62. The van der Waals surface area contributed by atoms with Crippen LogP contribution in [0.5, 0.6) is 0 Å². The average Bonchev–Trinajstić information content (AvgIpc) is 2.27. The zero-order valence-corrected chi connectivity index (χ0v) is 9.87. The van der Waals surface area contributed by atoms with Gasteiger partial charge in [0.05, 0.1) is 5.69 Å². The molecule has 0 atom stereocenters. The van der Waals surface area contributed by atoms with Crippen LogP contribution in [-0.2, 0) is 10.2 Å². The number of anilines is 2. The summed E-state index contributed by atoms with van der Waals surface area (Å²) in [5.41, 5.74) is 3.76. The Morgan fingerprint density at radius 3 is 2.32 bits per heavy atom. The van der Waals surface area contributed by atoms with Crippen LogP contribution >= 0.6 is 0 Å². The Labute approximate surface area is 104 Å². The first-order valence-electron chi connectivity index (χ1n) is 4.59. The van der Waals surface area contributed by atoms with Gasteiger partial charge in [-0.25, -0.2) is 8.78 Å². The summed E-state index contributed by atoms with van der Waals surface area (Å²) in [4.78, 5) is 0. The summed E-state index contributed by atoms with van der Waals surface area (Å²) in [7, 11) is -4.74. The Morgan fingerprint density at radius 1 is 1.21 bits per heavy atom. The van der Waals surface area contributed by atoms with Gasteiger partial charge in [-0.05, 0) is 12.1 Å². The summed E-state index contributed by atoms with van der Waals surface area (Å²) in [6.07, 6.45) is -4.79. The number of hydrogen-bond acceptors (Lipinski definition) is 3. The number of nitrogen functional groups attached to an aromatic ring is 1. The molecule has 0 amide bonds. The lowest BCUT2D eigenvalue weighted by atomic mass is 10.2. The molecule has 1 aromatic rings. The number of benzene rings is 1. The third-order valence-electron chi connectivity index (χ3n) is 1.83. The van der Waals surface area contributed by atoms with E-state index in [1.54, 1.807) is 0 Å². The Kier molecular flexibility index (Phi) is 4.20. The summed E-state index contributed by atoms with van der Waals surface area (Å²) in [5.74, 6) is -3.01. The van der Waals surface area contributed by atoms with Crippen molar-refractivity contribution in [3.05, 3.63) is 23.8 Å². The van der Waals surface area contributed by atoms with Crippen molar-refractivity contribution in [3.63, 3.8) is 0 Å². The van der Waals surface area contributed by atoms with Crippen molar-refractivity contribution in [2.24, 2.45) is 0 Å². The summed E-state index contributed by atoms with van der Waals surface area (Å²) in [5, 5.41) is 0. The molecule has 0 saturated heterocycles. The monoisotopic (exact) mass is 305 g/mol. The fraction of sp³-hybridized carbons (Fsp3) is 0.250. The number of hydrogen-bond donors (Lipinski definition) is 3. The van der Waals surface area contributed by atoms with Crippen LogP contribution < -0.4 is 15.2 Å². The molecule has 0 unspecified atom stereocenters. The molecule has 0 fully saturated rings. The molecule has 0 aliphatic carbocycles. The molecule has 0 aromatic heterocycles. The van der Waals surface area contributed by atoms with Crippen LogP contribution in [0.2, 0.25) is 0 Å². The summed E-state index contributed by atoms with van der Waals surface area (Å²) >= 11 is 0. The first kappa shape index (κ1) is 15.4. The van der Waals surface area contributed by atoms with E-state index in [0.717, 1.165) is 10.8 Å². The van der Waals surface area contributed by atoms with Gasteiger partial charge in [-0.15, -0.1) is 0 Å². The van der Waals surface area contributed by atoms with Crippen LogP contribution in [0.4, 0.5) is 33.3 Å². The molecule has 0 heterocycles. The van der Waals surface area contributed by atoms with Gasteiger partial charge in [0.25, 0.3) is 10.2 Å². The third-order valence-corrected chi connectivity index (χ3v) is 2.82. The first-order chi connectivity index (χ1) is 8.52. The fourth-order valence-corrected chi connectivity index (χ4v) is 1.92. The molecule has 19 heavy (non-hydrogen) atoms. The maximum absolute atomic E-state index is 13.2. The minimum absolute atomic E-state index is 0.476. The van der Waals surface area contributed by atoms with Gasteiger partial charge in [0, 0.05) is 0 Å². The summed E-state index contributed by atoms with van der Waals surface area (Å²) in [6, 6.07) is 1.51. The van der Waals surface area contributed by atoms with Gasteiger partial charge in [0.2, 0.25) is 0 Å². The summed E-state index contributed by atoms with van der Waals surface area (Å²) < 4.78 is 86.5. The highest BCUT2D eigenvalue weighted by Crippen LogP contribution is 2.25. The second kappa shape index (κ2) is 5.17. The fourth-order valence-electron chi connectivity index (χ4n) is 1.02. The van der Waals surface area contributed by atoms with Crippen LogP contribution in [0.3, 0.4) is 0 Å². The molecule has 0 aliphatic rings. The number of halogens is 5. The van der Waals surface area contributed by atoms with Gasteiger partial charge >= 0.3 is 6.18 Å². The van der Waals surface area contributed by atoms with Gasteiger partial charge in [-0.2, -0.15) is 26.3 Å². The average molecular weight is 305 g/mol. The SMILES string of the molecule is Nc1ccc(F)c(F)c1NS(=O)(=O)NCC(F)(F)F. The maximum Gasteiger partial charge on any atom is 0.402 e. The summed E-state index contributed by atoms with van der Waals surface area (Å²) in [6.45, 7) is -1.86. The van der Waals surface area contributed by atoms with Gasteiger partial charge in [0.15, 0.2) is 11.6 Å². The van der Waals surface area contributed by atoms with Crippen LogP contribution in [0.1, 0.15) is 0 Å². The lowest BCUT2D eigenvalue weighted by Crippen LogP contribution is -2.37. The number of rotatable bonds is 4. The zero-order chi connectivity index (χ0) is 14.8. The van der Waals surface area contributed by atoms with Crippen molar-refractivity contribution in [2.75, 3.05) is 17.0 Å². The molecular formula is C8H8F5N3O2S. The molecule has 0 aliphatic heterocycles. The van der Waals surface area contributed by atoms with E-state index >= 15 is 0 Å². The number of alkyl halides is 3. The van der Waals surface area contributed by atoms with Crippen molar-refractivity contribution in [2.45, 2.75) is 6.18 Å². The van der Waals surface area contributed by atoms with E-state index in [1.807, 2.05) is 0 Å². The quantitative estimate of drug-likeness (QED) is 0.580. The van der Waals surface area contributed by atoms with E-state index in [9.17, 15) is 30.4 Å². The topological polar surface area (TPSA) is 84.2 Å². The predicted molar refractivity (Wildman–Crippen MR) is 57.4 cm³/mol. The molecule has 1 aromatic carbocycles. The molecule has 5 nitrogen and oxygen atoms in total. The highest BCUT2D eigenvalue weighted by molar-refractivity contribution is 7.90. The van der Waals surface area contributed by atoms with Crippen molar-refractivity contribution in [3.8, 4) is 0 Å².